The predicted octanol–water partition coefficient (Wildman–Crippen LogP) is 3.70. The topological polar surface area (TPSA) is 21.3 Å². The van der Waals surface area contributed by atoms with Crippen molar-refractivity contribution in [1.29, 1.82) is 0 Å². The Labute approximate surface area is 120 Å². The van der Waals surface area contributed by atoms with Crippen molar-refractivity contribution in [2.24, 2.45) is 5.92 Å². The molecule has 1 aromatic heterocycles. The van der Waals surface area contributed by atoms with Gasteiger partial charge in [0.05, 0.1) is 0 Å². The van der Waals surface area contributed by atoms with E-state index >= 15 is 0 Å². The highest BCUT2D eigenvalue weighted by atomic mass is 32.1. The molecule has 0 aromatic carbocycles. The van der Waals surface area contributed by atoms with E-state index in [0.717, 1.165) is 25.7 Å². The van der Waals surface area contributed by atoms with Crippen molar-refractivity contribution in [3.8, 4) is 0 Å². The summed E-state index contributed by atoms with van der Waals surface area (Å²) in [7, 11) is 0. The fourth-order valence-electron chi connectivity index (χ4n) is 3.35. The van der Waals surface area contributed by atoms with Gasteiger partial charge < -0.3 is 10.1 Å². The molecular formula is C16H25NOS. The number of hydrogen-bond acceptors (Lipinski definition) is 3. The summed E-state index contributed by atoms with van der Waals surface area (Å²) >= 11 is 2.07. The number of rotatable bonds is 5. The van der Waals surface area contributed by atoms with Crippen LogP contribution >= 0.6 is 11.3 Å². The standard InChI is InChI=1S/C16H25NOS/c1-2-8-17-16(12-6-9-18-10-7-12)15-11-13-4-3-5-14(13)19-15/h11-12,16-17H,2-10H2,1H3. The number of hydrogen-bond donors (Lipinski definition) is 1. The van der Waals surface area contributed by atoms with Gasteiger partial charge in [0.2, 0.25) is 0 Å². The lowest BCUT2D eigenvalue weighted by Crippen LogP contribution is -2.32. The Balaban J connectivity index is 1.76. The number of nitrogens with one attached hydrogen (secondary N) is 1. The lowest BCUT2D eigenvalue weighted by Gasteiger charge is -2.30. The molecule has 0 spiro atoms. The molecule has 1 fully saturated rings. The van der Waals surface area contributed by atoms with Gasteiger partial charge in [-0.15, -0.1) is 11.3 Å². The highest BCUT2D eigenvalue weighted by Gasteiger charge is 2.27. The molecule has 0 saturated carbocycles. The Hall–Kier alpha value is -0.380. The summed E-state index contributed by atoms with van der Waals surface area (Å²) in [6.45, 7) is 5.27. The zero-order chi connectivity index (χ0) is 13.1. The van der Waals surface area contributed by atoms with Crippen LogP contribution in [0.15, 0.2) is 6.07 Å². The number of aryl methyl sites for hydroxylation is 2. The van der Waals surface area contributed by atoms with Crippen LogP contribution in [0, 0.1) is 5.92 Å². The van der Waals surface area contributed by atoms with Crippen LogP contribution in [0.1, 0.15) is 54.0 Å². The van der Waals surface area contributed by atoms with Crippen LogP contribution in [0.4, 0.5) is 0 Å². The van der Waals surface area contributed by atoms with Crippen LogP contribution in [0.3, 0.4) is 0 Å². The minimum Gasteiger partial charge on any atom is -0.381 e. The van der Waals surface area contributed by atoms with E-state index in [9.17, 15) is 0 Å². The maximum Gasteiger partial charge on any atom is 0.0469 e. The van der Waals surface area contributed by atoms with Crippen molar-refractivity contribution in [3.63, 3.8) is 0 Å². The lowest BCUT2D eigenvalue weighted by molar-refractivity contribution is 0.0540. The largest absolute Gasteiger partial charge is 0.381 e. The first-order valence-corrected chi connectivity index (χ1v) is 8.62. The SMILES string of the molecule is CCCNC(c1cc2c(s1)CCC2)C1CCOCC1. The molecule has 1 atom stereocenters. The molecule has 3 rings (SSSR count). The van der Waals surface area contributed by atoms with E-state index in [1.54, 1.807) is 15.3 Å². The molecule has 3 heteroatoms. The Bertz CT molecular complexity index is 387. The van der Waals surface area contributed by atoms with Crippen molar-refractivity contribution in [3.05, 3.63) is 21.4 Å². The van der Waals surface area contributed by atoms with E-state index in [-0.39, 0.29) is 0 Å². The zero-order valence-electron chi connectivity index (χ0n) is 11.9. The number of thiophene rings is 1. The van der Waals surface area contributed by atoms with Gasteiger partial charge in [-0.25, -0.2) is 0 Å². The Kier molecular flexibility index (Phi) is 4.57. The first kappa shape index (κ1) is 13.6. The van der Waals surface area contributed by atoms with Crippen LogP contribution in [0.5, 0.6) is 0 Å². The summed E-state index contributed by atoms with van der Waals surface area (Å²) in [6, 6.07) is 3.06. The van der Waals surface area contributed by atoms with Crippen molar-refractivity contribution in [2.75, 3.05) is 19.8 Å². The fraction of sp³-hybridized carbons (Fsp3) is 0.750. The molecule has 2 nitrogen and oxygen atoms in total. The molecular weight excluding hydrogens is 254 g/mol. The third kappa shape index (κ3) is 3.04. The number of fused-ring (bicyclic) bond motifs is 1. The molecule has 1 N–H and O–H groups in total. The van der Waals surface area contributed by atoms with Gasteiger partial charge in [0.15, 0.2) is 0 Å². The van der Waals surface area contributed by atoms with Crippen LogP contribution in [0.25, 0.3) is 0 Å². The predicted molar refractivity (Wildman–Crippen MR) is 80.9 cm³/mol. The smallest absolute Gasteiger partial charge is 0.0469 e. The molecule has 19 heavy (non-hydrogen) atoms. The fourth-order valence-corrected chi connectivity index (χ4v) is 4.78. The first-order chi connectivity index (χ1) is 9.38. The lowest BCUT2D eigenvalue weighted by atomic mass is 9.90. The van der Waals surface area contributed by atoms with E-state index < -0.39 is 0 Å². The zero-order valence-corrected chi connectivity index (χ0v) is 12.7. The summed E-state index contributed by atoms with van der Waals surface area (Å²) in [5.74, 6) is 0.763. The molecule has 1 aliphatic carbocycles. The molecule has 2 aliphatic rings. The molecule has 2 heterocycles. The average molecular weight is 279 g/mol. The third-order valence-electron chi connectivity index (χ3n) is 4.42. The Morgan fingerprint density at radius 3 is 2.95 bits per heavy atom. The summed E-state index contributed by atoms with van der Waals surface area (Å²) in [5, 5.41) is 3.80. The van der Waals surface area contributed by atoms with Crippen molar-refractivity contribution in [2.45, 2.75) is 51.5 Å². The maximum atomic E-state index is 5.53. The van der Waals surface area contributed by atoms with Gasteiger partial charge in [0.1, 0.15) is 0 Å². The Morgan fingerprint density at radius 1 is 1.37 bits per heavy atom. The summed E-state index contributed by atoms with van der Waals surface area (Å²) < 4.78 is 5.53. The van der Waals surface area contributed by atoms with E-state index in [1.165, 1.54) is 38.5 Å². The van der Waals surface area contributed by atoms with Gasteiger partial charge in [-0.2, -0.15) is 0 Å². The first-order valence-electron chi connectivity index (χ1n) is 7.81. The molecule has 0 amide bonds. The van der Waals surface area contributed by atoms with Crippen molar-refractivity contribution >= 4 is 11.3 Å². The van der Waals surface area contributed by atoms with Crippen LogP contribution in [-0.4, -0.2) is 19.8 Å². The molecule has 0 radical (unpaired) electrons. The monoisotopic (exact) mass is 279 g/mol. The van der Waals surface area contributed by atoms with E-state index in [1.807, 2.05) is 0 Å². The van der Waals surface area contributed by atoms with Crippen molar-refractivity contribution < 1.29 is 4.74 Å². The highest BCUT2D eigenvalue weighted by molar-refractivity contribution is 7.12. The second kappa shape index (κ2) is 6.38. The van der Waals surface area contributed by atoms with E-state index in [4.69, 9.17) is 4.74 Å². The normalized spacial score (nSPS) is 21.5. The van der Waals surface area contributed by atoms with Crippen LogP contribution < -0.4 is 5.32 Å². The van der Waals surface area contributed by atoms with Gasteiger partial charge in [0, 0.05) is 29.0 Å². The van der Waals surface area contributed by atoms with Crippen LogP contribution in [0.2, 0.25) is 0 Å². The third-order valence-corrected chi connectivity index (χ3v) is 5.74. The molecule has 1 aliphatic heterocycles. The van der Waals surface area contributed by atoms with Crippen molar-refractivity contribution in [1.82, 2.24) is 5.32 Å². The summed E-state index contributed by atoms with van der Waals surface area (Å²) in [5.41, 5.74) is 1.63. The minimum atomic E-state index is 0.569. The van der Waals surface area contributed by atoms with E-state index in [0.29, 0.717) is 6.04 Å². The van der Waals surface area contributed by atoms with Gasteiger partial charge in [0.25, 0.3) is 0 Å². The van der Waals surface area contributed by atoms with Gasteiger partial charge >= 0.3 is 0 Å². The van der Waals surface area contributed by atoms with Gasteiger partial charge in [-0.05, 0) is 62.6 Å². The maximum absolute atomic E-state index is 5.53. The van der Waals surface area contributed by atoms with Gasteiger partial charge in [-0.3, -0.25) is 0 Å². The molecule has 1 unspecified atom stereocenters. The van der Waals surface area contributed by atoms with E-state index in [2.05, 4.69) is 29.6 Å². The van der Waals surface area contributed by atoms with Gasteiger partial charge in [-0.1, -0.05) is 6.92 Å². The second-order valence-electron chi connectivity index (χ2n) is 5.83. The molecule has 0 bridgehead atoms. The minimum absolute atomic E-state index is 0.569. The second-order valence-corrected chi connectivity index (χ2v) is 7.00. The molecule has 1 saturated heterocycles. The molecule has 106 valence electrons. The summed E-state index contributed by atoms with van der Waals surface area (Å²) in [4.78, 5) is 3.25. The summed E-state index contributed by atoms with van der Waals surface area (Å²) in [6.07, 6.45) is 7.62. The number of ether oxygens (including phenoxy) is 1. The van der Waals surface area contributed by atoms with Crippen LogP contribution in [-0.2, 0) is 17.6 Å². The molecule has 1 aromatic rings. The quantitative estimate of drug-likeness (QED) is 0.887. The Morgan fingerprint density at radius 2 is 2.21 bits per heavy atom. The highest BCUT2D eigenvalue weighted by Crippen LogP contribution is 2.38. The average Bonchev–Trinajstić information content (AvgIpc) is 3.02.